The first kappa shape index (κ1) is 11.7. The maximum atomic E-state index is 10.5. The summed E-state index contributed by atoms with van der Waals surface area (Å²) < 4.78 is 0. The molecule has 0 amide bonds. The van der Waals surface area contributed by atoms with Gasteiger partial charge in [0.05, 0.1) is 0 Å². The lowest BCUT2D eigenvalue weighted by molar-refractivity contribution is -0.104. The molecule has 0 fully saturated rings. The number of hydrogen-bond donors (Lipinski definition) is 0. The Morgan fingerprint density at radius 1 is 1.13 bits per heavy atom. The third-order valence-electron chi connectivity index (χ3n) is 2.36. The van der Waals surface area contributed by atoms with Crippen molar-refractivity contribution >= 4 is 12.4 Å². The second-order valence-electron chi connectivity index (χ2n) is 4.88. The first-order chi connectivity index (χ1) is 6.93. The Labute approximate surface area is 91.8 Å². The molecule has 1 nitrogen and oxygen atoms in total. The van der Waals surface area contributed by atoms with E-state index in [0.29, 0.717) is 0 Å². The van der Waals surface area contributed by atoms with E-state index in [1.54, 1.807) is 0 Å². The summed E-state index contributed by atoms with van der Waals surface area (Å²) >= 11 is 0. The fourth-order valence-electron chi connectivity index (χ4n) is 1.38. The van der Waals surface area contributed by atoms with Crippen LogP contribution in [0.15, 0.2) is 29.8 Å². The molecule has 0 N–H and O–H groups in total. The molecule has 0 aliphatic heterocycles. The van der Waals surface area contributed by atoms with Gasteiger partial charge in [-0.05, 0) is 35.1 Å². The van der Waals surface area contributed by atoms with Gasteiger partial charge in [-0.2, -0.15) is 0 Å². The Hall–Kier alpha value is -1.37. The van der Waals surface area contributed by atoms with Crippen LogP contribution in [-0.2, 0) is 10.2 Å². The van der Waals surface area contributed by atoms with Gasteiger partial charge in [-0.3, -0.25) is 4.79 Å². The van der Waals surface area contributed by atoms with E-state index < -0.39 is 0 Å². The lowest BCUT2D eigenvalue weighted by Gasteiger charge is -2.18. The summed E-state index contributed by atoms with van der Waals surface area (Å²) in [5.74, 6) is 0. The molecule has 0 aliphatic carbocycles. The lowest BCUT2D eigenvalue weighted by atomic mass is 9.86. The SMILES string of the molecule is C/C(C=O)=C\c1ccc(C(C)(C)C)cc1. The molecule has 0 heterocycles. The van der Waals surface area contributed by atoms with Gasteiger partial charge in [-0.25, -0.2) is 0 Å². The van der Waals surface area contributed by atoms with Crippen molar-refractivity contribution in [2.24, 2.45) is 0 Å². The van der Waals surface area contributed by atoms with E-state index in [4.69, 9.17) is 0 Å². The Bertz CT molecular complexity index is 363. The zero-order chi connectivity index (χ0) is 11.5. The topological polar surface area (TPSA) is 17.1 Å². The normalized spacial score (nSPS) is 12.7. The number of rotatable bonds is 2. The minimum absolute atomic E-state index is 0.182. The molecule has 0 saturated heterocycles. The van der Waals surface area contributed by atoms with Crippen molar-refractivity contribution in [1.29, 1.82) is 0 Å². The molecule has 15 heavy (non-hydrogen) atoms. The van der Waals surface area contributed by atoms with E-state index in [0.717, 1.165) is 17.4 Å². The van der Waals surface area contributed by atoms with Crippen molar-refractivity contribution in [3.8, 4) is 0 Å². The third-order valence-corrected chi connectivity index (χ3v) is 2.36. The van der Waals surface area contributed by atoms with Gasteiger partial charge in [0.1, 0.15) is 6.29 Å². The van der Waals surface area contributed by atoms with Crippen LogP contribution in [0.3, 0.4) is 0 Å². The maximum absolute atomic E-state index is 10.5. The minimum atomic E-state index is 0.182. The molecule has 0 saturated carbocycles. The fraction of sp³-hybridized carbons (Fsp3) is 0.357. The van der Waals surface area contributed by atoms with E-state index in [1.807, 2.05) is 25.1 Å². The van der Waals surface area contributed by atoms with Gasteiger partial charge in [0.15, 0.2) is 0 Å². The third kappa shape index (κ3) is 3.35. The molecule has 0 aliphatic rings. The van der Waals surface area contributed by atoms with Crippen LogP contribution in [0.4, 0.5) is 0 Å². The molecule has 0 bridgehead atoms. The summed E-state index contributed by atoms with van der Waals surface area (Å²) in [6.07, 6.45) is 2.76. The van der Waals surface area contributed by atoms with E-state index in [9.17, 15) is 4.79 Å². The Morgan fingerprint density at radius 2 is 1.67 bits per heavy atom. The second kappa shape index (κ2) is 4.43. The van der Waals surface area contributed by atoms with Crippen molar-refractivity contribution in [1.82, 2.24) is 0 Å². The highest BCUT2D eigenvalue weighted by Gasteiger charge is 2.12. The van der Waals surface area contributed by atoms with Crippen molar-refractivity contribution < 1.29 is 4.79 Å². The smallest absolute Gasteiger partial charge is 0.145 e. The summed E-state index contributed by atoms with van der Waals surface area (Å²) in [6, 6.07) is 8.33. The lowest BCUT2D eigenvalue weighted by Crippen LogP contribution is -2.10. The molecular formula is C14H18O. The summed E-state index contributed by atoms with van der Waals surface area (Å²) in [4.78, 5) is 10.5. The first-order valence-electron chi connectivity index (χ1n) is 5.17. The van der Waals surface area contributed by atoms with Gasteiger partial charge in [0.25, 0.3) is 0 Å². The number of carbonyl (C=O) groups excluding carboxylic acids is 1. The number of carbonyl (C=O) groups is 1. The van der Waals surface area contributed by atoms with Crippen molar-refractivity contribution in [2.45, 2.75) is 33.1 Å². The van der Waals surface area contributed by atoms with Crippen molar-refractivity contribution in [2.75, 3.05) is 0 Å². The number of allylic oxidation sites excluding steroid dienone is 1. The highest BCUT2D eigenvalue weighted by Crippen LogP contribution is 2.22. The van der Waals surface area contributed by atoms with E-state index >= 15 is 0 Å². The molecule has 0 spiro atoms. The van der Waals surface area contributed by atoms with Crippen molar-refractivity contribution in [3.63, 3.8) is 0 Å². The average Bonchev–Trinajstić information content (AvgIpc) is 2.17. The van der Waals surface area contributed by atoms with Gasteiger partial charge >= 0.3 is 0 Å². The van der Waals surface area contributed by atoms with Crippen molar-refractivity contribution in [3.05, 3.63) is 41.0 Å². The van der Waals surface area contributed by atoms with Gasteiger partial charge in [0.2, 0.25) is 0 Å². The largest absolute Gasteiger partial charge is 0.298 e. The Morgan fingerprint density at radius 3 is 2.07 bits per heavy atom. The molecule has 80 valence electrons. The van der Waals surface area contributed by atoms with Gasteiger partial charge in [-0.1, -0.05) is 45.0 Å². The number of hydrogen-bond acceptors (Lipinski definition) is 1. The molecule has 1 rings (SSSR count). The summed E-state index contributed by atoms with van der Waals surface area (Å²) in [6.45, 7) is 8.38. The van der Waals surface area contributed by atoms with Gasteiger partial charge in [-0.15, -0.1) is 0 Å². The van der Waals surface area contributed by atoms with Crippen LogP contribution >= 0.6 is 0 Å². The van der Waals surface area contributed by atoms with Crippen LogP contribution in [0, 0.1) is 0 Å². The van der Waals surface area contributed by atoms with E-state index in [2.05, 4.69) is 32.9 Å². The van der Waals surface area contributed by atoms with Crippen LogP contribution in [0.5, 0.6) is 0 Å². The second-order valence-corrected chi connectivity index (χ2v) is 4.88. The maximum Gasteiger partial charge on any atom is 0.145 e. The number of benzene rings is 1. The Kier molecular flexibility index (Phi) is 3.46. The minimum Gasteiger partial charge on any atom is -0.298 e. The zero-order valence-corrected chi connectivity index (χ0v) is 9.87. The molecule has 1 aromatic rings. The van der Waals surface area contributed by atoms with Crippen LogP contribution in [0.1, 0.15) is 38.8 Å². The fourth-order valence-corrected chi connectivity index (χ4v) is 1.38. The molecule has 0 atom stereocenters. The summed E-state index contributed by atoms with van der Waals surface area (Å²) in [5, 5.41) is 0. The molecule has 0 unspecified atom stereocenters. The first-order valence-corrected chi connectivity index (χ1v) is 5.17. The average molecular weight is 202 g/mol. The zero-order valence-electron chi connectivity index (χ0n) is 9.87. The molecule has 1 aromatic carbocycles. The highest BCUT2D eigenvalue weighted by atomic mass is 16.1. The van der Waals surface area contributed by atoms with Gasteiger partial charge < -0.3 is 0 Å². The number of aldehydes is 1. The van der Waals surface area contributed by atoms with Crippen LogP contribution < -0.4 is 0 Å². The van der Waals surface area contributed by atoms with E-state index in [-0.39, 0.29) is 5.41 Å². The molecular weight excluding hydrogens is 184 g/mol. The van der Waals surface area contributed by atoms with Crippen LogP contribution in [0.2, 0.25) is 0 Å². The monoisotopic (exact) mass is 202 g/mol. The Balaban J connectivity index is 2.96. The predicted molar refractivity (Wildman–Crippen MR) is 64.9 cm³/mol. The quantitative estimate of drug-likeness (QED) is 0.529. The summed E-state index contributed by atoms with van der Waals surface area (Å²) in [7, 11) is 0. The molecule has 0 radical (unpaired) electrons. The van der Waals surface area contributed by atoms with E-state index in [1.165, 1.54) is 5.56 Å². The standard InChI is InChI=1S/C14H18O/c1-11(10-15)9-12-5-7-13(8-6-12)14(2,3)4/h5-10H,1-4H3/b11-9+. The highest BCUT2D eigenvalue weighted by molar-refractivity contribution is 5.80. The van der Waals surface area contributed by atoms with Crippen LogP contribution in [-0.4, -0.2) is 6.29 Å². The van der Waals surface area contributed by atoms with Crippen LogP contribution in [0.25, 0.3) is 6.08 Å². The molecule has 1 heteroatoms. The molecule has 0 aromatic heterocycles. The predicted octanol–water partition coefficient (Wildman–Crippen LogP) is 3.59. The van der Waals surface area contributed by atoms with Gasteiger partial charge in [0, 0.05) is 0 Å². The summed E-state index contributed by atoms with van der Waals surface area (Å²) in [5.41, 5.74) is 3.32.